The van der Waals surface area contributed by atoms with Crippen LogP contribution in [0.15, 0.2) is 84.9 Å². The summed E-state index contributed by atoms with van der Waals surface area (Å²) in [5, 5.41) is 8.90. The first kappa shape index (κ1) is 18.5. The lowest BCUT2D eigenvalue weighted by molar-refractivity contribution is -0.131. The molecule has 0 spiro atoms. The Balaban J connectivity index is 1.96. The highest BCUT2D eigenvalue weighted by Gasteiger charge is 2.12. The summed E-state index contributed by atoms with van der Waals surface area (Å²) in [5.74, 6) is -0.942. The van der Waals surface area contributed by atoms with Gasteiger partial charge in [-0.05, 0) is 41.3 Å². The minimum atomic E-state index is -0.942. The van der Waals surface area contributed by atoms with Crippen LogP contribution in [0.25, 0.3) is 6.08 Å². The molecule has 27 heavy (non-hydrogen) atoms. The fourth-order valence-corrected chi connectivity index (χ4v) is 3.07. The number of aliphatic carboxylic acids is 1. The Hall–Kier alpha value is -3.33. The lowest BCUT2D eigenvalue weighted by atomic mass is 10.1. The molecule has 3 rings (SSSR count). The Morgan fingerprint density at radius 1 is 0.889 bits per heavy atom. The zero-order valence-electron chi connectivity index (χ0n) is 15.4. The van der Waals surface area contributed by atoms with Crippen LogP contribution in [0, 0.1) is 6.92 Å². The van der Waals surface area contributed by atoms with Gasteiger partial charge in [-0.1, -0.05) is 72.8 Å². The number of carboxylic acids is 1. The molecule has 0 saturated carbocycles. The van der Waals surface area contributed by atoms with E-state index in [4.69, 9.17) is 5.11 Å². The highest BCUT2D eigenvalue weighted by molar-refractivity contribution is 5.85. The van der Waals surface area contributed by atoms with Crippen LogP contribution in [0.3, 0.4) is 0 Å². The van der Waals surface area contributed by atoms with E-state index in [1.807, 2.05) is 24.3 Å². The third-order valence-electron chi connectivity index (χ3n) is 4.42. The number of carboxylic acid groups (broad SMARTS) is 1. The van der Waals surface area contributed by atoms with Crippen molar-refractivity contribution in [1.29, 1.82) is 0 Å². The van der Waals surface area contributed by atoms with E-state index >= 15 is 0 Å². The van der Waals surface area contributed by atoms with Crippen molar-refractivity contribution < 1.29 is 9.90 Å². The highest BCUT2D eigenvalue weighted by atomic mass is 16.4. The molecule has 3 aromatic carbocycles. The van der Waals surface area contributed by atoms with Crippen molar-refractivity contribution in [1.82, 2.24) is 0 Å². The summed E-state index contributed by atoms with van der Waals surface area (Å²) >= 11 is 0. The molecule has 0 bridgehead atoms. The molecule has 0 heterocycles. The van der Waals surface area contributed by atoms with Crippen molar-refractivity contribution in [2.75, 3.05) is 4.90 Å². The molecule has 0 aliphatic heterocycles. The van der Waals surface area contributed by atoms with Gasteiger partial charge in [-0.25, -0.2) is 4.79 Å². The Kier molecular flexibility index (Phi) is 6.06. The topological polar surface area (TPSA) is 40.5 Å². The normalized spacial score (nSPS) is 10.9. The maximum atomic E-state index is 10.8. The first-order valence-electron chi connectivity index (χ1n) is 8.96. The molecule has 0 aliphatic carbocycles. The smallest absolute Gasteiger partial charge is 0.328 e. The molecule has 3 heteroatoms. The van der Waals surface area contributed by atoms with Crippen molar-refractivity contribution in [3.05, 3.63) is 107 Å². The average Bonchev–Trinajstić information content (AvgIpc) is 2.68. The molecule has 136 valence electrons. The van der Waals surface area contributed by atoms with Gasteiger partial charge >= 0.3 is 5.97 Å². The zero-order chi connectivity index (χ0) is 19.1. The molecule has 3 nitrogen and oxygen atoms in total. The average molecular weight is 357 g/mol. The maximum absolute atomic E-state index is 10.8. The van der Waals surface area contributed by atoms with Gasteiger partial charge in [0.25, 0.3) is 0 Å². The minimum Gasteiger partial charge on any atom is -0.478 e. The second kappa shape index (κ2) is 8.86. The van der Waals surface area contributed by atoms with Gasteiger partial charge in [0.2, 0.25) is 0 Å². The first-order valence-corrected chi connectivity index (χ1v) is 8.96. The van der Waals surface area contributed by atoms with Crippen molar-refractivity contribution in [3.8, 4) is 0 Å². The molecule has 0 amide bonds. The Bertz CT molecular complexity index is 876. The summed E-state index contributed by atoms with van der Waals surface area (Å²) < 4.78 is 0. The Morgan fingerprint density at radius 3 is 1.96 bits per heavy atom. The van der Waals surface area contributed by atoms with Crippen molar-refractivity contribution in [2.45, 2.75) is 20.0 Å². The van der Waals surface area contributed by atoms with Gasteiger partial charge in [0.1, 0.15) is 0 Å². The van der Waals surface area contributed by atoms with Crippen molar-refractivity contribution >= 4 is 17.7 Å². The van der Waals surface area contributed by atoms with Gasteiger partial charge < -0.3 is 10.0 Å². The molecule has 0 unspecified atom stereocenters. The third kappa shape index (κ3) is 5.32. The zero-order valence-corrected chi connectivity index (χ0v) is 15.4. The number of nitrogens with zero attached hydrogens (tertiary/aromatic N) is 1. The van der Waals surface area contributed by atoms with E-state index in [-0.39, 0.29) is 0 Å². The van der Waals surface area contributed by atoms with E-state index in [1.165, 1.54) is 17.2 Å². The predicted molar refractivity (Wildman–Crippen MR) is 111 cm³/mol. The van der Waals surface area contributed by atoms with E-state index in [0.717, 1.165) is 29.9 Å². The van der Waals surface area contributed by atoms with Crippen molar-refractivity contribution in [3.63, 3.8) is 0 Å². The first-order chi connectivity index (χ1) is 13.1. The van der Waals surface area contributed by atoms with E-state index in [2.05, 4.69) is 66.4 Å². The molecular formula is C24H23NO2. The predicted octanol–water partition coefficient (Wildman–Crippen LogP) is 5.30. The lowest BCUT2D eigenvalue weighted by Gasteiger charge is -2.27. The molecule has 1 N–H and O–H groups in total. The standard InChI is InChI=1S/C24H23NO2/c1-19-12-13-20(14-15-24(26)27)16-23(19)25(17-21-8-4-2-5-9-21)18-22-10-6-3-7-11-22/h2-16H,17-18H2,1H3,(H,26,27). The van der Waals surface area contributed by atoms with E-state index in [1.54, 1.807) is 6.08 Å². The summed E-state index contributed by atoms with van der Waals surface area (Å²) in [6, 6.07) is 26.8. The summed E-state index contributed by atoms with van der Waals surface area (Å²) in [6.07, 6.45) is 2.81. The third-order valence-corrected chi connectivity index (χ3v) is 4.42. The Labute approximate surface area is 160 Å². The van der Waals surface area contributed by atoms with Crippen LogP contribution in [-0.4, -0.2) is 11.1 Å². The van der Waals surface area contributed by atoms with Gasteiger partial charge in [-0.2, -0.15) is 0 Å². The van der Waals surface area contributed by atoms with Crippen LogP contribution in [0.5, 0.6) is 0 Å². The largest absolute Gasteiger partial charge is 0.478 e. The van der Waals surface area contributed by atoms with Crippen LogP contribution < -0.4 is 4.90 Å². The number of hydrogen-bond acceptors (Lipinski definition) is 2. The number of hydrogen-bond donors (Lipinski definition) is 1. The number of rotatable bonds is 7. The summed E-state index contributed by atoms with van der Waals surface area (Å²) in [5.41, 5.74) is 5.62. The number of aryl methyl sites for hydroxylation is 1. The lowest BCUT2D eigenvalue weighted by Crippen LogP contribution is -2.23. The summed E-state index contributed by atoms with van der Waals surface area (Å²) in [7, 11) is 0. The molecule has 3 aromatic rings. The van der Waals surface area contributed by atoms with Gasteiger partial charge in [-0.3, -0.25) is 0 Å². The number of anilines is 1. The van der Waals surface area contributed by atoms with Crippen LogP contribution in [-0.2, 0) is 17.9 Å². The van der Waals surface area contributed by atoms with Gasteiger partial charge in [-0.15, -0.1) is 0 Å². The van der Waals surface area contributed by atoms with Crippen LogP contribution >= 0.6 is 0 Å². The van der Waals surface area contributed by atoms with E-state index in [0.29, 0.717) is 0 Å². The van der Waals surface area contributed by atoms with Crippen LogP contribution in [0.2, 0.25) is 0 Å². The van der Waals surface area contributed by atoms with Gasteiger partial charge in [0, 0.05) is 24.9 Å². The van der Waals surface area contributed by atoms with E-state index in [9.17, 15) is 4.79 Å². The summed E-state index contributed by atoms with van der Waals surface area (Å²) in [4.78, 5) is 13.2. The fraction of sp³-hybridized carbons (Fsp3) is 0.125. The molecule has 0 radical (unpaired) electrons. The van der Waals surface area contributed by atoms with Gasteiger partial charge in [0.15, 0.2) is 0 Å². The number of benzene rings is 3. The van der Waals surface area contributed by atoms with Crippen molar-refractivity contribution in [2.24, 2.45) is 0 Å². The molecule has 0 saturated heterocycles. The molecule has 0 aromatic heterocycles. The monoisotopic (exact) mass is 357 g/mol. The Morgan fingerprint density at radius 2 is 1.44 bits per heavy atom. The highest BCUT2D eigenvalue weighted by Crippen LogP contribution is 2.26. The minimum absolute atomic E-state index is 0.780. The molecule has 0 fully saturated rings. The molecule has 0 atom stereocenters. The van der Waals surface area contributed by atoms with E-state index < -0.39 is 5.97 Å². The molecule has 0 aliphatic rings. The maximum Gasteiger partial charge on any atom is 0.328 e. The quantitative estimate of drug-likeness (QED) is 0.583. The van der Waals surface area contributed by atoms with Crippen LogP contribution in [0.1, 0.15) is 22.3 Å². The van der Waals surface area contributed by atoms with Crippen LogP contribution in [0.4, 0.5) is 5.69 Å². The fourth-order valence-electron chi connectivity index (χ4n) is 3.07. The summed E-state index contributed by atoms with van der Waals surface area (Å²) in [6.45, 7) is 3.65. The second-order valence-corrected chi connectivity index (χ2v) is 6.54. The second-order valence-electron chi connectivity index (χ2n) is 6.54. The SMILES string of the molecule is Cc1ccc(C=CC(=O)O)cc1N(Cc1ccccc1)Cc1ccccc1. The molecular weight excluding hydrogens is 334 g/mol. The number of carbonyl (C=O) groups is 1. The van der Waals surface area contributed by atoms with Gasteiger partial charge in [0.05, 0.1) is 0 Å².